The number of thiazole rings is 1. The SMILES string of the molecule is C[C@@H]1Cc2ccccc2N1C(=O)Cc1nc(N2CCOCC2)sc1C(N)=O. The highest BCUT2D eigenvalue weighted by molar-refractivity contribution is 7.17. The van der Waals surface area contributed by atoms with Crippen LogP contribution in [-0.2, 0) is 22.4 Å². The molecular weight excluding hydrogens is 364 g/mol. The van der Waals surface area contributed by atoms with Crippen LogP contribution < -0.4 is 15.5 Å². The number of carbonyl (C=O) groups is 2. The fraction of sp³-hybridized carbons (Fsp3) is 0.421. The fourth-order valence-corrected chi connectivity index (χ4v) is 4.70. The maximum absolute atomic E-state index is 13.1. The Balaban J connectivity index is 1.59. The molecule has 8 heteroatoms. The number of amides is 2. The fourth-order valence-electron chi connectivity index (χ4n) is 3.72. The van der Waals surface area contributed by atoms with Crippen molar-refractivity contribution in [1.82, 2.24) is 4.98 Å². The third-order valence-corrected chi connectivity index (χ3v) is 6.16. The summed E-state index contributed by atoms with van der Waals surface area (Å²) in [7, 11) is 0. The van der Waals surface area contributed by atoms with Crippen LogP contribution in [0.3, 0.4) is 0 Å². The number of carbonyl (C=O) groups excluding carboxylic acids is 2. The second-order valence-electron chi connectivity index (χ2n) is 6.86. The van der Waals surface area contributed by atoms with Crippen LogP contribution in [0.15, 0.2) is 24.3 Å². The Bertz CT molecular complexity index is 876. The quantitative estimate of drug-likeness (QED) is 0.862. The number of para-hydroxylation sites is 1. The summed E-state index contributed by atoms with van der Waals surface area (Å²) in [6, 6.07) is 8.02. The van der Waals surface area contributed by atoms with Crippen LogP contribution in [0.1, 0.15) is 27.9 Å². The molecule has 1 atom stereocenters. The second kappa shape index (κ2) is 7.28. The van der Waals surface area contributed by atoms with Crippen molar-refractivity contribution in [2.45, 2.75) is 25.8 Å². The Hall–Kier alpha value is -2.45. The standard InChI is InChI=1S/C19H22N4O3S/c1-12-10-13-4-2-3-5-15(13)23(12)16(24)11-14-17(18(20)25)27-19(21-14)22-6-8-26-9-7-22/h2-5,12H,6-11H2,1H3,(H2,20,25)/t12-/m1/s1. The van der Waals surface area contributed by atoms with Gasteiger partial charge in [0.2, 0.25) is 5.91 Å². The van der Waals surface area contributed by atoms with Gasteiger partial charge in [0.15, 0.2) is 5.13 Å². The summed E-state index contributed by atoms with van der Waals surface area (Å²) >= 11 is 1.26. The first kappa shape index (κ1) is 17.9. The minimum absolute atomic E-state index is 0.0613. The topological polar surface area (TPSA) is 88.8 Å². The van der Waals surface area contributed by atoms with Gasteiger partial charge in [0.05, 0.1) is 25.3 Å². The largest absolute Gasteiger partial charge is 0.378 e. The van der Waals surface area contributed by atoms with E-state index in [0.29, 0.717) is 23.8 Å². The van der Waals surface area contributed by atoms with Gasteiger partial charge in [-0.05, 0) is 25.0 Å². The van der Waals surface area contributed by atoms with Gasteiger partial charge in [-0.25, -0.2) is 4.98 Å². The maximum atomic E-state index is 13.1. The molecule has 2 N–H and O–H groups in total. The van der Waals surface area contributed by atoms with Crippen molar-refractivity contribution < 1.29 is 14.3 Å². The Morgan fingerprint density at radius 1 is 1.30 bits per heavy atom. The average Bonchev–Trinajstić information content (AvgIpc) is 3.22. The Morgan fingerprint density at radius 2 is 2.04 bits per heavy atom. The van der Waals surface area contributed by atoms with Gasteiger partial charge in [0.1, 0.15) is 4.88 Å². The molecule has 0 unspecified atom stereocenters. The molecule has 1 fully saturated rings. The molecule has 142 valence electrons. The Morgan fingerprint density at radius 3 is 2.78 bits per heavy atom. The Labute approximate surface area is 161 Å². The molecule has 2 aromatic rings. The third-order valence-electron chi connectivity index (χ3n) is 4.99. The summed E-state index contributed by atoms with van der Waals surface area (Å²) in [6.07, 6.45) is 0.901. The molecule has 1 aromatic heterocycles. The van der Waals surface area contributed by atoms with E-state index in [9.17, 15) is 9.59 Å². The molecule has 0 spiro atoms. The third kappa shape index (κ3) is 3.42. The van der Waals surface area contributed by atoms with Gasteiger partial charge < -0.3 is 20.3 Å². The van der Waals surface area contributed by atoms with Crippen LogP contribution >= 0.6 is 11.3 Å². The van der Waals surface area contributed by atoms with Crippen molar-refractivity contribution in [3.8, 4) is 0 Å². The van der Waals surface area contributed by atoms with Crippen LogP contribution in [0.4, 0.5) is 10.8 Å². The number of ether oxygens (including phenoxy) is 1. The number of hydrogen-bond acceptors (Lipinski definition) is 6. The van der Waals surface area contributed by atoms with E-state index in [1.807, 2.05) is 36.1 Å². The molecule has 1 aromatic carbocycles. The number of anilines is 2. The van der Waals surface area contributed by atoms with Gasteiger partial charge >= 0.3 is 0 Å². The molecule has 2 aliphatic heterocycles. The number of aromatic nitrogens is 1. The minimum atomic E-state index is -0.537. The monoisotopic (exact) mass is 386 g/mol. The molecule has 2 amide bonds. The molecule has 0 radical (unpaired) electrons. The van der Waals surface area contributed by atoms with E-state index < -0.39 is 5.91 Å². The van der Waals surface area contributed by atoms with E-state index in [0.717, 1.165) is 30.3 Å². The molecule has 7 nitrogen and oxygen atoms in total. The van der Waals surface area contributed by atoms with Crippen molar-refractivity contribution >= 4 is 34.0 Å². The molecule has 27 heavy (non-hydrogen) atoms. The zero-order valence-corrected chi connectivity index (χ0v) is 16.0. The van der Waals surface area contributed by atoms with Gasteiger partial charge in [0.25, 0.3) is 5.91 Å². The van der Waals surface area contributed by atoms with Gasteiger partial charge in [0, 0.05) is 24.8 Å². The van der Waals surface area contributed by atoms with Gasteiger partial charge in [-0.15, -0.1) is 0 Å². The molecular formula is C19H22N4O3S. The summed E-state index contributed by atoms with van der Waals surface area (Å²) in [6.45, 7) is 4.72. The number of hydrogen-bond donors (Lipinski definition) is 1. The lowest BCUT2D eigenvalue weighted by atomic mass is 10.1. The summed E-state index contributed by atoms with van der Waals surface area (Å²) in [5.74, 6) is -0.599. The molecule has 3 heterocycles. The van der Waals surface area contributed by atoms with E-state index in [1.165, 1.54) is 16.9 Å². The highest BCUT2D eigenvalue weighted by Crippen LogP contribution is 2.33. The lowest BCUT2D eigenvalue weighted by Crippen LogP contribution is -2.37. The van der Waals surface area contributed by atoms with E-state index in [-0.39, 0.29) is 18.4 Å². The number of nitrogens with two attached hydrogens (primary N) is 1. The first-order valence-corrected chi connectivity index (χ1v) is 9.88. The van der Waals surface area contributed by atoms with Crippen LogP contribution in [0.2, 0.25) is 0 Å². The highest BCUT2D eigenvalue weighted by Gasteiger charge is 2.32. The molecule has 1 saturated heterocycles. The Kier molecular flexibility index (Phi) is 4.84. The minimum Gasteiger partial charge on any atom is -0.378 e. The van der Waals surface area contributed by atoms with E-state index in [2.05, 4.69) is 9.88 Å². The normalized spacial score (nSPS) is 19.2. The second-order valence-corrected chi connectivity index (χ2v) is 7.84. The van der Waals surface area contributed by atoms with E-state index in [1.54, 1.807) is 0 Å². The zero-order valence-electron chi connectivity index (χ0n) is 15.2. The predicted octanol–water partition coefficient (Wildman–Crippen LogP) is 1.60. The van der Waals surface area contributed by atoms with Crippen molar-refractivity contribution in [3.63, 3.8) is 0 Å². The molecule has 0 bridgehead atoms. The first-order chi connectivity index (χ1) is 13.0. The molecule has 0 aliphatic carbocycles. The lowest BCUT2D eigenvalue weighted by Gasteiger charge is -2.26. The van der Waals surface area contributed by atoms with E-state index >= 15 is 0 Å². The number of fused-ring (bicyclic) bond motifs is 1. The summed E-state index contributed by atoms with van der Waals surface area (Å²) < 4.78 is 5.37. The smallest absolute Gasteiger partial charge is 0.260 e. The van der Waals surface area contributed by atoms with Gasteiger partial charge in [-0.1, -0.05) is 29.5 Å². The number of morpholine rings is 1. The number of benzene rings is 1. The predicted molar refractivity (Wildman–Crippen MR) is 104 cm³/mol. The number of primary amides is 1. The van der Waals surface area contributed by atoms with Crippen molar-refractivity contribution in [2.24, 2.45) is 5.73 Å². The summed E-state index contributed by atoms with van der Waals surface area (Å²) in [4.78, 5) is 33.8. The van der Waals surface area contributed by atoms with Crippen LogP contribution in [-0.4, -0.2) is 49.1 Å². The van der Waals surface area contributed by atoms with Crippen molar-refractivity contribution in [2.75, 3.05) is 36.1 Å². The van der Waals surface area contributed by atoms with Gasteiger partial charge in [-0.2, -0.15) is 0 Å². The van der Waals surface area contributed by atoms with E-state index in [4.69, 9.17) is 10.5 Å². The first-order valence-electron chi connectivity index (χ1n) is 9.06. The number of rotatable bonds is 4. The van der Waals surface area contributed by atoms with Crippen LogP contribution in [0, 0.1) is 0 Å². The van der Waals surface area contributed by atoms with Crippen molar-refractivity contribution in [3.05, 3.63) is 40.4 Å². The maximum Gasteiger partial charge on any atom is 0.260 e. The summed E-state index contributed by atoms with van der Waals surface area (Å²) in [5, 5.41) is 0.727. The molecule has 2 aliphatic rings. The van der Waals surface area contributed by atoms with Crippen LogP contribution in [0.5, 0.6) is 0 Å². The molecule has 0 saturated carbocycles. The zero-order chi connectivity index (χ0) is 19.0. The number of nitrogens with zero attached hydrogens (tertiary/aromatic N) is 3. The average molecular weight is 386 g/mol. The summed E-state index contributed by atoms with van der Waals surface area (Å²) in [5.41, 5.74) is 8.13. The lowest BCUT2D eigenvalue weighted by molar-refractivity contribution is -0.118. The van der Waals surface area contributed by atoms with Gasteiger partial charge in [-0.3, -0.25) is 9.59 Å². The van der Waals surface area contributed by atoms with Crippen molar-refractivity contribution in [1.29, 1.82) is 0 Å². The highest BCUT2D eigenvalue weighted by atomic mass is 32.1. The molecule has 4 rings (SSSR count). The van der Waals surface area contributed by atoms with Crippen LogP contribution in [0.25, 0.3) is 0 Å².